The average molecular weight is 358 g/mol. The fraction of sp³-hybridized carbons (Fsp3) is 0.533. The molecule has 2 rings (SSSR count). The van der Waals surface area contributed by atoms with Crippen molar-refractivity contribution in [3.8, 4) is 11.5 Å². The van der Waals surface area contributed by atoms with E-state index in [0.29, 0.717) is 32.8 Å². The summed E-state index contributed by atoms with van der Waals surface area (Å²) in [4.78, 5) is 11.2. The predicted molar refractivity (Wildman–Crippen MR) is 82.7 cm³/mol. The molecule has 116 valence electrons. The van der Waals surface area contributed by atoms with E-state index in [1.165, 1.54) is 0 Å². The van der Waals surface area contributed by atoms with Gasteiger partial charge in [0.15, 0.2) is 11.5 Å². The molecular weight excluding hydrogens is 338 g/mol. The molecule has 0 radical (unpaired) electrons. The Morgan fingerprint density at radius 2 is 2.05 bits per heavy atom. The molecule has 0 aromatic heterocycles. The zero-order chi connectivity index (χ0) is 15.1. The van der Waals surface area contributed by atoms with Gasteiger partial charge in [0.05, 0.1) is 6.61 Å². The van der Waals surface area contributed by atoms with Gasteiger partial charge in [0, 0.05) is 17.4 Å². The minimum absolute atomic E-state index is 0.139. The maximum absolute atomic E-state index is 11.2. The van der Waals surface area contributed by atoms with E-state index in [2.05, 4.69) is 21.2 Å². The largest absolute Gasteiger partial charge is 0.486 e. The molecule has 1 aromatic carbocycles. The van der Waals surface area contributed by atoms with Gasteiger partial charge in [-0.2, -0.15) is 0 Å². The van der Waals surface area contributed by atoms with Gasteiger partial charge < -0.3 is 19.5 Å². The van der Waals surface area contributed by atoms with Crippen molar-refractivity contribution in [2.24, 2.45) is 0 Å². The summed E-state index contributed by atoms with van der Waals surface area (Å²) in [5.41, 5.74) is 1.11. The number of nitrogens with one attached hydrogen (secondary N) is 1. The van der Waals surface area contributed by atoms with Crippen molar-refractivity contribution in [3.63, 3.8) is 0 Å². The quantitative estimate of drug-likeness (QED) is 0.600. The van der Waals surface area contributed by atoms with Crippen molar-refractivity contribution >= 4 is 21.9 Å². The van der Waals surface area contributed by atoms with E-state index in [0.717, 1.165) is 34.5 Å². The van der Waals surface area contributed by atoms with Gasteiger partial charge in [-0.1, -0.05) is 15.9 Å². The molecular formula is C15H20BrNO4. The number of carbonyl (C=O) groups is 1. The van der Waals surface area contributed by atoms with Crippen LogP contribution < -0.4 is 14.8 Å². The highest BCUT2D eigenvalue weighted by Crippen LogP contribution is 2.35. The van der Waals surface area contributed by atoms with Crippen LogP contribution in [0.4, 0.5) is 0 Å². The Bertz CT molecular complexity index is 493. The second kappa shape index (κ2) is 8.24. The van der Waals surface area contributed by atoms with Crippen molar-refractivity contribution < 1.29 is 19.0 Å². The number of fused-ring (bicyclic) bond motifs is 1. The van der Waals surface area contributed by atoms with Crippen LogP contribution in [0.3, 0.4) is 0 Å². The first kappa shape index (κ1) is 16.1. The molecule has 0 bridgehead atoms. The molecule has 1 N–H and O–H groups in total. The van der Waals surface area contributed by atoms with Crippen LogP contribution in [-0.2, 0) is 16.1 Å². The van der Waals surface area contributed by atoms with Crippen LogP contribution in [0.2, 0.25) is 0 Å². The van der Waals surface area contributed by atoms with Crippen LogP contribution in [0.1, 0.15) is 25.3 Å². The van der Waals surface area contributed by atoms with Gasteiger partial charge in [0.2, 0.25) is 0 Å². The summed E-state index contributed by atoms with van der Waals surface area (Å²) in [6.45, 7) is 4.90. The van der Waals surface area contributed by atoms with Gasteiger partial charge in [-0.15, -0.1) is 0 Å². The van der Waals surface area contributed by atoms with E-state index < -0.39 is 0 Å². The molecule has 6 heteroatoms. The van der Waals surface area contributed by atoms with Gasteiger partial charge in [-0.05, 0) is 37.6 Å². The Balaban J connectivity index is 1.77. The summed E-state index contributed by atoms with van der Waals surface area (Å²) in [6.07, 6.45) is 1.21. The lowest BCUT2D eigenvalue weighted by molar-refractivity contribution is -0.143. The minimum Gasteiger partial charge on any atom is -0.486 e. The van der Waals surface area contributed by atoms with E-state index in [4.69, 9.17) is 14.2 Å². The number of carbonyl (C=O) groups excluding carboxylic acids is 1. The maximum atomic E-state index is 11.2. The van der Waals surface area contributed by atoms with Gasteiger partial charge in [0.25, 0.3) is 0 Å². The molecule has 0 spiro atoms. The lowest BCUT2D eigenvalue weighted by atomic mass is 10.2. The zero-order valence-electron chi connectivity index (χ0n) is 12.1. The molecule has 1 aliphatic heterocycles. The van der Waals surface area contributed by atoms with Crippen LogP contribution in [0.25, 0.3) is 0 Å². The van der Waals surface area contributed by atoms with Gasteiger partial charge in [0.1, 0.15) is 13.2 Å². The monoisotopic (exact) mass is 357 g/mol. The normalized spacial score (nSPS) is 13.0. The molecule has 0 fully saturated rings. The molecule has 0 unspecified atom stereocenters. The predicted octanol–water partition coefficient (Wildman–Crippen LogP) is 2.65. The van der Waals surface area contributed by atoms with Crippen molar-refractivity contribution in [2.45, 2.75) is 26.3 Å². The van der Waals surface area contributed by atoms with Gasteiger partial charge in [-0.3, -0.25) is 4.79 Å². The number of halogens is 1. The van der Waals surface area contributed by atoms with E-state index in [1.807, 2.05) is 19.1 Å². The van der Waals surface area contributed by atoms with Crippen LogP contribution >= 0.6 is 15.9 Å². The molecule has 21 heavy (non-hydrogen) atoms. The van der Waals surface area contributed by atoms with Crippen molar-refractivity contribution in [2.75, 3.05) is 26.4 Å². The highest BCUT2D eigenvalue weighted by atomic mass is 79.9. The van der Waals surface area contributed by atoms with Crippen molar-refractivity contribution in [3.05, 3.63) is 22.2 Å². The number of esters is 1. The minimum atomic E-state index is -0.139. The highest BCUT2D eigenvalue weighted by Gasteiger charge is 2.14. The van der Waals surface area contributed by atoms with Crippen LogP contribution in [0.15, 0.2) is 16.6 Å². The number of ether oxygens (including phenoxy) is 3. The summed E-state index contributed by atoms with van der Waals surface area (Å²) >= 11 is 3.54. The first-order valence-corrected chi connectivity index (χ1v) is 7.94. The van der Waals surface area contributed by atoms with E-state index in [1.54, 1.807) is 0 Å². The first-order valence-electron chi connectivity index (χ1n) is 7.15. The van der Waals surface area contributed by atoms with E-state index in [9.17, 15) is 4.79 Å². The molecule has 0 saturated heterocycles. The van der Waals surface area contributed by atoms with Crippen LogP contribution in [0, 0.1) is 0 Å². The molecule has 0 amide bonds. The molecule has 5 nitrogen and oxygen atoms in total. The second-order valence-electron chi connectivity index (χ2n) is 4.67. The summed E-state index contributed by atoms with van der Waals surface area (Å²) in [5.74, 6) is 1.42. The molecule has 1 aromatic rings. The smallest absolute Gasteiger partial charge is 0.305 e. The SMILES string of the molecule is CCOC(=O)CCCNCc1cc2c(cc1Br)OCCO2. The van der Waals surface area contributed by atoms with Gasteiger partial charge >= 0.3 is 5.97 Å². The maximum Gasteiger partial charge on any atom is 0.305 e. The fourth-order valence-electron chi connectivity index (χ4n) is 2.06. The molecule has 0 aliphatic carbocycles. The number of benzene rings is 1. The lowest BCUT2D eigenvalue weighted by Gasteiger charge is -2.20. The number of hydrogen-bond acceptors (Lipinski definition) is 5. The Labute approximate surface area is 133 Å². The summed E-state index contributed by atoms with van der Waals surface area (Å²) in [5, 5.41) is 3.31. The summed E-state index contributed by atoms with van der Waals surface area (Å²) < 4.78 is 17.0. The van der Waals surface area contributed by atoms with Crippen LogP contribution in [-0.4, -0.2) is 32.3 Å². The molecule has 1 heterocycles. The third kappa shape index (κ3) is 4.89. The molecule has 1 aliphatic rings. The summed E-state index contributed by atoms with van der Waals surface area (Å²) in [6, 6.07) is 3.92. The van der Waals surface area contributed by atoms with E-state index >= 15 is 0 Å². The molecule has 0 saturated carbocycles. The number of hydrogen-bond donors (Lipinski definition) is 1. The highest BCUT2D eigenvalue weighted by molar-refractivity contribution is 9.10. The fourth-order valence-corrected chi connectivity index (χ4v) is 2.52. The zero-order valence-corrected chi connectivity index (χ0v) is 13.7. The summed E-state index contributed by atoms with van der Waals surface area (Å²) in [7, 11) is 0. The van der Waals surface area contributed by atoms with E-state index in [-0.39, 0.29) is 5.97 Å². The first-order chi connectivity index (χ1) is 10.2. The standard InChI is InChI=1S/C15H20BrNO4/c1-2-19-15(18)4-3-5-17-10-11-8-13-14(9-12(11)16)21-7-6-20-13/h8-9,17H,2-7,10H2,1H3. The second-order valence-corrected chi connectivity index (χ2v) is 5.53. The Morgan fingerprint density at radius 3 is 2.76 bits per heavy atom. The third-order valence-corrected chi connectivity index (χ3v) is 3.80. The Morgan fingerprint density at radius 1 is 1.33 bits per heavy atom. The Kier molecular flexibility index (Phi) is 6.32. The lowest BCUT2D eigenvalue weighted by Crippen LogP contribution is -2.18. The Hall–Kier alpha value is -1.27. The van der Waals surface area contributed by atoms with Crippen molar-refractivity contribution in [1.29, 1.82) is 0 Å². The van der Waals surface area contributed by atoms with Crippen LogP contribution in [0.5, 0.6) is 11.5 Å². The third-order valence-electron chi connectivity index (χ3n) is 3.07. The number of rotatable bonds is 7. The van der Waals surface area contributed by atoms with Gasteiger partial charge in [-0.25, -0.2) is 0 Å². The topological polar surface area (TPSA) is 56.8 Å². The molecule has 0 atom stereocenters. The van der Waals surface area contributed by atoms with Crippen molar-refractivity contribution in [1.82, 2.24) is 5.32 Å². The average Bonchev–Trinajstić information content (AvgIpc) is 2.47.